The van der Waals surface area contributed by atoms with E-state index in [0.717, 1.165) is 35.6 Å². The molecule has 3 aromatic heterocycles. The van der Waals surface area contributed by atoms with E-state index in [1.54, 1.807) is 29.3 Å². The number of benzene rings is 1. The molecule has 0 unspecified atom stereocenters. The van der Waals surface area contributed by atoms with E-state index < -0.39 is 5.97 Å². The summed E-state index contributed by atoms with van der Waals surface area (Å²) in [5.74, 6) is 0.421. The van der Waals surface area contributed by atoms with Crippen molar-refractivity contribution in [1.29, 1.82) is 5.26 Å². The molecular weight excluding hydrogens is 494 g/mol. The molecule has 10 nitrogen and oxygen atoms in total. The van der Waals surface area contributed by atoms with Gasteiger partial charge in [0.1, 0.15) is 5.82 Å². The molecular formula is C29H33N7O3. The quantitative estimate of drug-likeness (QED) is 0.352. The standard InChI is InChI=1S/C29H33N7O3/c1-6-39-27(37)23-16-35-12-11-34(17-25(35)31-23)15-19-7-8-20(14-30)21(13-19)22-9-10-24-26(32-22)33(5)28(38)36(24)18-29(2,3)4/h7-10,13,16H,6,11-12,15,17-18H2,1-5H3. The van der Waals surface area contributed by atoms with Gasteiger partial charge in [0.15, 0.2) is 11.3 Å². The molecule has 0 amide bonds. The second-order valence-corrected chi connectivity index (χ2v) is 11.2. The van der Waals surface area contributed by atoms with Gasteiger partial charge < -0.3 is 9.30 Å². The maximum absolute atomic E-state index is 13.0. The Labute approximate surface area is 227 Å². The van der Waals surface area contributed by atoms with Gasteiger partial charge in [-0.05, 0) is 42.2 Å². The number of ether oxygens (including phenoxy) is 1. The zero-order valence-corrected chi connectivity index (χ0v) is 23.1. The third-order valence-electron chi connectivity index (χ3n) is 6.87. The zero-order valence-electron chi connectivity index (χ0n) is 23.1. The van der Waals surface area contributed by atoms with Crippen LogP contribution in [0.2, 0.25) is 0 Å². The Bertz CT molecular complexity index is 1660. The van der Waals surface area contributed by atoms with Gasteiger partial charge >= 0.3 is 11.7 Å². The fraction of sp³-hybridized carbons (Fsp3) is 0.414. The van der Waals surface area contributed by atoms with Crippen LogP contribution in [0.25, 0.3) is 22.4 Å². The summed E-state index contributed by atoms with van der Waals surface area (Å²) in [5.41, 5.74) is 4.49. The minimum absolute atomic E-state index is 0.0644. The van der Waals surface area contributed by atoms with Crippen LogP contribution in [0.1, 0.15) is 55.1 Å². The molecule has 0 fully saturated rings. The first-order valence-corrected chi connectivity index (χ1v) is 13.1. The highest BCUT2D eigenvalue weighted by Crippen LogP contribution is 2.27. The highest BCUT2D eigenvalue weighted by Gasteiger charge is 2.23. The Hall–Kier alpha value is -4.23. The summed E-state index contributed by atoms with van der Waals surface area (Å²) in [7, 11) is 1.73. The summed E-state index contributed by atoms with van der Waals surface area (Å²) in [5, 5.41) is 9.83. The van der Waals surface area contributed by atoms with Crippen LogP contribution < -0.4 is 5.69 Å². The molecule has 1 aliphatic heterocycles. The van der Waals surface area contributed by atoms with Gasteiger partial charge in [-0.3, -0.25) is 14.0 Å². The molecule has 0 N–H and O–H groups in total. The van der Waals surface area contributed by atoms with Crippen molar-refractivity contribution in [2.75, 3.05) is 13.2 Å². The molecule has 4 aromatic rings. The van der Waals surface area contributed by atoms with Crippen molar-refractivity contribution in [3.63, 3.8) is 0 Å². The van der Waals surface area contributed by atoms with Crippen molar-refractivity contribution in [2.45, 2.75) is 53.9 Å². The summed E-state index contributed by atoms with van der Waals surface area (Å²) in [6, 6.07) is 11.9. The Morgan fingerprint density at radius 1 is 1.15 bits per heavy atom. The topological polar surface area (TPSA) is 111 Å². The fourth-order valence-corrected chi connectivity index (χ4v) is 5.05. The SMILES string of the molecule is CCOC(=O)c1cn2c(n1)CN(Cc1ccc(C#N)c(-c3ccc4c(n3)n(C)c(=O)n4CC(C)(C)C)c1)CC2. The number of fused-ring (bicyclic) bond motifs is 2. The van der Waals surface area contributed by atoms with Crippen LogP contribution in [0.3, 0.4) is 0 Å². The molecule has 0 atom stereocenters. The van der Waals surface area contributed by atoms with Crippen LogP contribution in [-0.4, -0.2) is 47.7 Å². The van der Waals surface area contributed by atoms with Gasteiger partial charge in [-0.15, -0.1) is 0 Å². The lowest BCUT2D eigenvalue weighted by molar-refractivity contribution is 0.0519. The van der Waals surface area contributed by atoms with E-state index >= 15 is 0 Å². The summed E-state index contributed by atoms with van der Waals surface area (Å²) in [4.78, 5) is 36.6. The molecule has 39 heavy (non-hydrogen) atoms. The molecule has 0 radical (unpaired) electrons. The number of carbonyl (C=O) groups is 1. The molecule has 0 spiro atoms. The Kier molecular flexibility index (Phi) is 6.87. The van der Waals surface area contributed by atoms with E-state index in [1.807, 2.05) is 34.9 Å². The maximum atomic E-state index is 13.0. The highest BCUT2D eigenvalue weighted by atomic mass is 16.5. The fourth-order valence-electron chi connectivity index (χ4n) is 5.05. The van der Waals surface area contributed by atoms with E-state index in [2.05, 4.69) is 36.7 Å². The average molecular weight is 528 g/mol. The second-order valence-electron chi connectivity index (χ2n) is 11.2. The lowest BCUT2D eigenvalue weighted by Crippen LogP contribution is -2.33. The number of esters is 1. The van der Waals surface area contributed by atoms with E-state index in [1.165, 1.54) is 0 Å². The predicted octanol–water partition coefficient (Wildman–Crippen LogP) is 3.71. The van der Waals surface area contributed by atoms with Crippen molar-refractivity contribution in [1.82, 2.24) is 28.6 Å². The van der Waals surface area contributed by atoms with Gasteiger partial charge in [-0.25, -0.2) is 19.6 Å². The van der Waals surface area contributed by atoms with Gasteiger partial charge in [0, 0.05) is 45.0 Å². The van der Waals surface area contributed by atoms with Crippen molar-refractivity contribution in [2.24, 2.45) is 12.5 Å². The summed E-state index contributed by atoms with van der Waals surface area (Å²) < 4.78 is 10.4. The molecule has 1 aromatic carbocycles. The van der Waals surface area contributed by atoms with Crippen molar-refractivity contribution < 1.29 is 9.53 Å². The molecule has 0 saturated heterocycles. The van der Waals surface area contributed by atoms with Gasteiger partial charge in [-0.2, -0.15) is 5.26 Å². The van der Waals surface area contributed by atoms with Crippen LogP contribution in [0, 0.1) is 16.7 Å². The lowest BCUT2D eigenvalue weighted by atomic mass is 9.97. The smallest absolute Gasteiger partial charge is 0.358 e. The number of pyridine rings is 1. The first kappa shape index (κ1) is 26.4. The molecule has 202 valence electrons. The second kappa shape index (κ2) is 10.2. The van der Waals surface area contributed by atoms with Gasteiger partial charge in [0.05, 0.1) is 36.0 Å². The van der Waals surface area contributed by atoms with Crippen molar-refractivity contribution in [3.05, 3.63) is 69.7 Å². The Balaban J connectivity index is 1.43. The monoisotopic (exact) mass is 527 g/mol. The normalized spacial score (nSPS) is 13.8. The van der Waals surface area contributed by atoms with Gasteiger partial charge in [0.25, 0.3) is 0 Å². The first-order valence-electron chi connectivity index (χ1n) is 13.1. The van der Waals surface area contributed by atoms with Crippen molar-refractivity contribution in [3.8, 4) is 17.3 Å². The van der Waals surface area contributed by atoms with Gasteiger partial charge in [-0.1, -0.05) is 26.8 Å². The molecule has 10 heteroatoms. The third kappa shape index (κ3) is 5.22. The van der Waals surface area contributed by atoms with Crippen LogP contribution in [0.5, 0.6) is 0 Å². The summed E-state index contributed by atoms with van der Waals surface area (Å²) in [6.45, 7) is 11.7. The number of aryl methyl sites for hydroxylation is 1. The molecule has 0 aliphatic carbocycles. The molecule has 1 aliphatic rings. The van der Waals surface area contributed by atoms with E-state index in [4.69, 9.17) is 9.72 Å². The van der Waals surface area contributed by atoms with Gasteiger partial charge in [0.2, 0.25) is 0 Å². The number of imidazole rings is 2. The minimum Gasteiger partial charge on any atom is -0.461 e. The van der Waals surface area contributed by atoms with Crippen LogP contribution in [0.15, 0.2) is 41.3 Å². The number of aromatic nitrogens is 5. The van der Waals surface area contributed by atoms with E-state index in [0.29, 0.717) is 48.8 Å². The zero-order chi connectivity index (χ0) is 27.9. The van der Waals surface area contributed by atoms with E-state index in [-0.39, 0.29) is 11.1 Å². The van der Waals surface area contributed by atoms with Crippen LogP contribution >= 0.6 is 0 Å². The highest BCUT2D eigenvalue weighted by molar-refractivity contribution is 5.87. The lowest BCUT2D eigenvalue weighted by Gasteiger charge is -2.27. The van der Waals surface area contributed by atoms with Crippen molar-refractivity contribution >= 4 is 17.1 Å². The number of hydrogen-bond acceptors (Lipinski definition) is 7. The van der Waals surface area contributed by atoms with Crippen LogP contribution in [0.4, 0.5) is 0 Å². The number of nitrogens with zero attached hydrogens (tertiary/aromatic N) is 7. The molecule has 0 saturated carbocycles. The number of nitriles is 1. The largest absolute Gasteiger partial charge is 0.461 e. The number of carbonyl (C=O) groups excluding carboxylic acids is 1. The summed E-state index contributed by atoms with van der Waals surface area (Å²) >= 11 is 0. The predicted molar refractivity (Wildman–Crippen MR) is 147 cm³/mol. The Morgan fingerprint density at radius 3 is 2.67 bits per heavy atom. The maximum Gasteiger partial charge on any atom is 0.358 e. The Morgan fingerprint density at radius 2 is 1.95 bits per heavy atom. The minimum atomic E-state index is -0.404. The van der Waals surface area contributed by atoms with E-state index in [9.17, 15) is 14.9 Å². The molecule has 4 heterocycles. The average Bonchev–Trinajstić information content (AvgIpc) is 3.42. The van der Waals surface area contributed by atoms with Crippen LogP contribution in [-0.2, 0) is 38.0 Å². The summed E-state index contributed by atoms with van der Waals surface area (Å²) in [6.07, 6.45) is 1.76. The first-order chi connectivity index (χ1) is 18.6. The molecule has 0 bridgehead atoms. The molecule has 5 rings (SSSR count). The number of hydrogen-bond donors (Lipinski definition) is 0. The third-order valence-corrected chi connectivity index (χ3v) is 6.87. The number of rotatable bonds is 6.